The van der Waals surface area contributed by atoms with Crippen LogP contribution >= 0.6 is 11.3 Å². The van der Waals surface area contributed by atoms with Gasteiger partial charge < -0.3 is 9.88 Å². The van der Waals surface area contributed by atoms with E-state index >= 15 is 0 Å². The van der Waals surface area contributed by atoms with Crippen LogP contribution in [0.5, 0.6) is 0 Å². The summed E-state index contributed by atoms with van der Waals surface area (Å²) in [4.78, 5) is 17.9. The highest BCUT2D eigenvalue weighted by Gasteiger charge is 2.17. The fourth-order valence-corrected chi connectivity index (χ4v) is 4.10. The summed E-state index contributed by atoms with van der Waals surface area (Å²) in [5.74, 6) is -0.0446. The highest BCUT2D eigenvalue weighted by Crippen LogP contribution is 2.27. The van der Waals surface area contributed by atoms with Crippen LogP contribution in [0.2, 0.25) is 0 Å². The van der Waals surface area contributed by atoms with E-state index in [0.29, 0.717) is 11.4 Å². The van der Waals surface area contributed by atoms with Crippen LogP contribution in [0.3, 0.4) is 0 Å². The Bertz CT molecular complexity index is 1070. The average Bonchev–Trinajstić information content (AvgIpc) is 3.29. The number of nitrogens with zero attached hydrogens (tertiary/aromatic N) is 2. The van der Waals surface area contributed by atoms with Crippen LogP contribution in [0.15, 0.2) is 66.9 Å². The molecule has 0 atom stereocenters. The highest BCUT2D eigenvalue weighted by atomic mass is 32.1. The Kier molecular flexibility index (Phi) is 5.03. The molecule has 5 heteroatoms. The zero-order valence-corrected chi connectivity index (χ0v) is 16.0. The molecule has 0 unspecified atom stereocenters. The van der Waals surface area contributed by atoms with Gasteiger partial charge in [0.15, 0.2) is 0 Å². The fraction of sp³-hybridized carbons (Fsp3) is 0.182. The number of fused-ring (bicyclic) bond motifs is 1. The summed E-state index contributed by atoms with van der Waals surface area (Å²) in [5, 5.41) is 5.20. The second kappa shape index (κ2) is 7.76. The lowest BCUT2D eigenvalue weighted by molar-refractivity contribution is 0.0957. The van der Waals surface area contributed by atoms with Crippen molar-refractivity contribution in [3.05, 3.63) is 76.7 Å². The minimum Gasteiger partial charge on any atom is -0.351 e. The Morgan fingerprint density at radius 1 is 1.07 bits per heavy atom. The van der Waals surface area contributed by atoms with E-state index in [4.69, 9.17) is 0 Å². The molecule has 0 saturated heterocycles. The predicted octanol–water partition coefficient (Wildman–Crippen LogP) is 4.89. The molecule has 0 spiro atoms. The lowest BCUT2D eigenvalue weighted by atomic mass is 10.1. The lowest BCUT2D eigenvalue weighted by Crippen LogP contribution is -2.25. The third kappa shape index (κ3) is 3.78. The summed E-state index contributed by atoms with van der Waals surface area (Å²) in [5.41, 5.74) is 2.98. The van der Waals surface area contributed by atoms with Crippen molar-refractivity contribution < 1.29 is 4.79 Å². The van der Waals surface area contributed by atoms with Gasteiger partial charge >= 0.3 is 0 Å². The molecule has 1 N–H and O–H groups in total. The largest absolute Gasteiger partial charge is 0.351 e. The fourth-order valence-electron chi connectivity index (χ4n) is 3.24. The third-order valence-electron chi connectivity index (χ3n) is 4.53. The molecule has 4 rings (SSSR count). The van der Waals surface area contributed by atoms with E-state index in [-0.39, 0.29) is 5.91 Å². The Hall–Kier alpha value is -2.92. The van der Waals surface area contributed by atoms with E-state index in [1.165, 1.54) is 22.2 Å². The molecule has 0 saturated carbocycles. The normalized spacial score (nSPS) is 11.0. The van der Waals surface area contributed by atoms with Crippen molar-refractivity contribution in [3.63, 3.8) is 0 Å². The van der Waals surface area contributed by atoms with E-state index in [9.17, 15) is 4.79 Å². The van der Waals surface area contributed by atoms with Crippen LogP contribution in [0.4, 0.5) is 0 Å². The molecule has 0 aliphatic heterocycles. The topological polar surface area (TPSA) is 46.9 Å². The van der Waals surface area contributed by atoms with E-state index in [0.717, 1.165) is 29.2 Å². The first-order valence-corrected chi connectivity index (χ1v) is 9.89. The standard InChI is InChI=1S/C22H21N3OS/c1-16-24-20(18-9-3-2-4-10-18)21(27-16)22(26)23-13-7-14-25-15-12-17-8-5-6-11-19(17)25/h2-6,8-12,15H,7,13-14H2,1H3,(H,23,26). The highest BCUT2D eigenvalue weighted by molar-refractivity contribution is 7.14. The number of hydrogen-bond donors (Lipinski definition) is 1. The third-order valence-corrected chi connectivity index (χ3v) is 5.50. The molecular weight excluding hydrogens is 354 g/mol. The number of rotatable bonds is 6. The van der Waals surface area contributed by atoms with Crippen molar-refractivity contribution in [2.24, 2.45) is 0 Å². The molecule has 2 aromatic carbocycles. The second-order valence-corrected chi connectivity index (χ2v) is 7.66. The molecule has 0 radical (unpaired) electrons. The van der Waals surface area contributed by atoms with Crippen molar-refractivity contribution in [1.29, 1.82) is 0 Å². The van der Waals surface area contributed by atoms with Crippen LogP contribution in [-0.4, -0.2) is 22.0 Å². The molecule has 27 heavy (non-hydrogen) atoms. The SMILES string of the molecule is Cc1nc(-c2ccccc2)c(C(=O)NCCCn2ccc3ccccc32)s1. The van der Waals surface area contributed by atoms with Crippen molar-refractivity contribution in [2.45, 2.75) is 19.9 Å². The summed E-state index contributed by atoms with van der Waals surface area (Å²) in [6.45, 7) is 3.45. The number of hydrogen-bond acceptors (Lipinski definition) is 3. The first-order valence-electron chi connectivity index (χ1n) is 9.07. The zero-order valence-electron chi connectivity index (χ0n) is 15.2. The first-order chi connectivity index (χ1) is 13.2. The van der Waals surface area contributed by atoms with Crippen molar-refractivity contribution in [1.82, 2.24) is 14.9 Å². The van der Waals surface area contributed by atoms with Crippen LogP contribution < -0.4 is 5.32 Å². The van der Waals surface area contributed by atoms with Crippen LogP contribution in [0.25, 0.3) is 22.2 Å². The number of aryl methyl sites for hydroxylation is 2. The van der Waals surface area contributed by atoms with Gasteiger partial charge in [0.2, 0.25) is 0 Å². The maximum atomic E-state index is 12.7. The van der Waals surface area contributed by atoms with Gasteiger partial charge in [0, 0.05) is 30.4 Å². The van der Waals surface area contributed by atoms with Crippen molar-refractivity contribution in [2.75, 3.05) is 6.54 Å². The zero-order chi connectivity index (χ0) is 18.6. The summed E-state index contributed by atoms with van der Waals surface area (Å²) >= 11 is 1.45. The van der Waals surface area contributed by atoms with E-state index in [1.807, 2.05) is 43.3 Å². The van der Waals surface area contributed by atoms with Gasteiger partial charge in [0.05, 0.1) is 10.7 Å². The molecule has 0 aliphatic rings. The number of carbonyl (C=O) groups excluding carboxylic acids is 1. The van der Waals surface area contributed by atoms with E-state index in [1.54, 1.807) is 0 Å². The maximum Gasteiger partial charge on any atom is 0.263 e. The molecule has 4 nitrogen and oxygen atoms in total. The molecule has 0 aliphatic carbocycles. The molecule has 0 bridgehead atoms. The number of carbonyl (C=O) groups is 1. The predicted molar refractivity (Wildman–Crippen MR) is 111 cm³/mol. The summed E-state index contributed by atoms with van der Waals surface area (Å²) < 4.78 is 2.23. The second-order valence-electron chi connectivity index (χ2n) is 6.45. The summed E-state index contributed by atoms with van der Waals surface area (Å²) in [7, 11) is 0. The Labute approximate surface area is 162 Å². The summed E-state index contributed by atoms with van der Waals surface area (Å²) in [6.07, 6.45) is 2.98. The number of benzene rings is 2. The lowest BCUT2D eigenvalue weighted by Gasteiger charge is -2.07. The molecule has 136 valence electrons. The van der Waals surface area contributed by atoms with Crippen LogP contribution in [-0.2, 0) is 6.54 Å². The minimum atomic E-state index is -0.0446. The molecular formula is C22H21N3OS. The monoisotopic (exact) mass is 375 g/mol. The van der Waals surface area contributed by atoms with Crippen LogP contribution in [0.1, 0.15) is 21.1 Å². The van der Waals surface area contributed by atoms with Crippen molar-refractivity contribution >= 4 is 28.1 Å². The minimum absolute atomic E-state index is 0.0446. The molecule has 4 aromatic rings. The average molecular weight is 375 g/mol. The Balaban J connectivity index is 1.39. The number of amides is 1. The maximum absolute atomic E-state index is 12.7. The van der Waals surface area contributed by atoms with Gasteiger partial charge in [-0.15, -0.1) is 11.3 Å². The van der Waals surface area contributed by atoms with Gasteiger partial charge in [-0.3, -0.25) is 4.79 Å². The number of nitrogens with one attached hydrogen (secondary N) is 1. The number of aromatic nitrogens is 2. The van der Waals surface area contributed by atoms with Crippen molar-refractivity contribution in [3.8, 4) is 11.3 Å². The Morgan fingerprint density at radius 2 is 1.85 bits per heavy atom. The molecule has 2 aromatic heterocycles. The molecule has 0 fully saturated rings. The van der Waals surface area contributed by atoms with E-state index < -0.39 is 0 Å². The van der Waals surface area contributed by atoms with Gasteiger partial charge in [-0.2, -0.15) is 0 Å². The smallest absolute Gasteiger partial charge is 0.263 e. The summed E-state index contributed by atoms with van der Waals surface area (Å²) in [6, 6.07) is 20.3. The van der Waals surface area contributed by atoms with E-state index in [2.05, 4.69) is 45.3 Å². The van der Waals surface area contributed by atoms with Crippen LogP contribution in [0, 0.1) is 6.92 Å². The number of para-hydroxylation sites is 1. The van der Waals surface area contributed by atoms with Gasteiger partial charge in [0.1, 0.15) is 4.88 Å². The molecule has 2 heterocycles. The van der Waals surface area contributed by atoms with Gasteiger partial charge in [-0.1, -0.05) is 48.5 Å². The first kappa shape index (κ1) is 17.5. The quantitative estimate of drug-likeness (QED) is 0.488. The Morgan fingerprint density at radius 3 is 2.70 bits per heavy atom. The van der Waals surface area contributed by atoms with Gasteiger partial charge in [-0.05, 0) is 30.9 Å². The van der Waals surface area contributed by atoms with Gasteiger partial charge in [-0.25, -0.2) is 4.98 Å². The number of thiazole rings is 1. The van der Waals surface area contributed by atoms with Gasteiger partial charge in [0.25, 0.3) is 5.91 Å². The molecule has 1 amide bonds.